The zero-order valence-electron chi connectivity index (χ0n) is 10.7. The molecule has 94 valence electrons. The van der Waals surface area contributed by atoms with Crippen molar-refractivity contribution >= 4 is 11.8 Å². The highest BCUT2D eigenvalue weighted by molar-refractivity contribution is 8.00. The number of nitrogens with one attached hydrogen (secondary N) is 1. The molecule has 2 fully saturated rings. The van der Waals surface area contributed by atoms with Crippen LogP contribution < -0.4 is 5.32 Å². The lowest BCUT2D eigenvalue weighted by atomic mass is 10.2. The van der Waals surface area contributed by atoms with Crippen LogP contribution in [0.1, 0.15) is 39.5 Å². The van der Waals surface area contributed by atoms with Crippen LogP contribution in [-0.4, -0.2) is 47.6 Å². The van der Waals surface area contributed by atoms with Crippen LogP contribution in [0.4, 0.5) is 0 Å². The fraction of sp³-hybridized carbons (Fsp3) is 1.00. The molecule has 2 aliphatic rings. The molecule has 1 aliphatic carbocycles. The summed E-state index contributed by atoms with van der Waals surface area (Å²) in [4.78, 5) is 2.68. The Bertz CT molecular complexity index is 206. The van der Waals surface area contributed by atoms with Crippen molar-refractivity contribution in [3.63, 3.8) is 0 Å². The molecule has 1 heterocycles. The first-order valence-electron chi connectivity index (χ1n) is 6.86. The fourth-order valence-electron chi connectivity index (χ4n) is 2.34. The van der Waals surface area contributed by atoms with E-state index in [1.165, 1.54) is 51.1 Å². The lowest BCUT2D eigenvalue weighted by molar-refractivity contribution is 0.209. The van der Waals surface area contributed by atoms with Gasteiger partial charge in [0.15, 0.2) is 0 Å². The second-order valence-corrected chi connectivity index (χ2v) is 6.77. The number of nitrogens with zero attached hydrogens (tertiary/aromatic N) is 1. The van der Waals surface area contributed by atoms with Crippen LogP contribution in [0.25, 0.3) is 0 Å². The molecule has 1 aliphatic heterocycles. The monoisotopic (exact) mass is 242 g/mol. The van der Waals surface area contributed by atoms with Gasteiger partial charge in [0, 0.05) is 29.6 Å². The van der Waals surface area contributed by atoms with Crippen molar-refractivity contribution in [2.75, 3.05) is 25.4 Å². The van der Waals surface area contributed by atoms with E-state index >= 15 is 0 Å². The van der Waals surface area contributed by atoms with Crippen molar-refractivity contribution in [3.05, 3.63) is 0 Å². The van der Waals surface area contributed by atoms with E-state index in [2.05, 4.69) is 35.8 Å². The highest BCUT2D eigenvalue weighted by atomic mass is 32.2. The maximum absolute atomic E-state index is 3.59. The summed E-state index contributed by atoms with van der Waals surface area (Å²) >= 11 is 2.13. The van der Waals surface area contributed by atoms with Crippen LogP contribution in [0.5, 0.6) is 0 Å². The first kappa shape index (κ1) is 12.7. The van der Waals surface area contributed by atoms with E-state index in [0.717, 1.165) is 17.3 Å². The molecular weight excluding hydrogens is 216 g/mol. The molecule has 0 aromatic rings. The van der Waals surface area contributed by atoms with Gasteiger partial charge in [-0.2, -0.15) is 11.8 Å². The van der Waals surface area contributed by atoms with E-state index in [4.69, 9.17) is 0 Å². The second kappa shape index (κ2) is 6.27. The van der Waals surface area contributed by atoms with Crippen molar-refractivity contribution in [2.24, 2.45) is 0 Å². The van der Waals surface area contributed by atoms with Gasteiger partial charge in [-0.1, -0.05) is 6.92 Å². The van der Waals surface area contributed by atoms with Gasteiger partial charge in [-0.05, 0) is 45.7 Å². The van der Waals surface area contributed by atoms with Crippen molar-refractivity contribution < 1.29 is 0 Å². The fourth-order valence-corrected chi connectivity index (χ4v) is 3.51. The highest BCUT2D eigenvalue weighted by Gasteiger charge is 2.24. The summed E-state index contributed by atoms with van der Waals surface area (Å²) in [5.41, 5.74) is 0. The van der Waals surface area contributed by atoms with Crippen molar-refractivity contribution in [2.45, 2.75) is 56.9 Å². The zero-order valence-corrected chi connectivity index (χ0v) is 11.6. The molecule has 2 atom stereocenters. The molecule has 2 nitrogen and oxygen atoms in total. The number of hydrogen-bond acceptors (Lipinski definition) is 3. The van der Waals surface area contributed by atoms with Crippen LogP contribution >= 0.6 is 11.8 Å². The Morgan fingerprint density at radius 2 is 2.06 bits per heavy atom. The van der Waals surface area contributed by atoms with Gasteiger partial charge in [0.2, 0.25) is 0 Å². The minimum atomic E-state index is 0.773. The zero-order chi connectivity index (χ0) is 11.4. The van der Waals surface area contributed by atoms with Gasteiger partial charge in [0.05, 0.1) is 0 Å². The molecular formula is C13H26N2S. The van der Waals surface area contributed by atoms with Gasteiger partial charge in [-0.15, -0.1) is 0 Å². The molecule has 0 aromatic carbocycles. The molecule has 0 amide bonds. The molecule has 0 spiro atoms. The summed E-state index contributed by atoms with van der Waals surface area (Å²) in [6.07, 6.45) is 5.54. The largest absolute Gasteiger partial charge is 0.314 e. The third kappa shape index (κ3) is 3.94. The Labute approximate surface area is 105 Å². The minimum absolute atomic E-state index is 0.773. The Kier molecular flexibility index (Phi) is 4.98. The van der Waals surface area contributed by atoms with Crippen LogP contribution in [0, 0.1) is 0 Å². The molecule has 0 aromatic heterocycles. The van der Waals surface area contributed by atoms with Crippen LogP contribution in [0.15, 0.2) is 0 Å². The van der Waals surface area contributed by atoms with E-state index in [-0.39, 0.29) is 0 Å². The van der Waals surface area contributed by atoms with Crippen LogP contribution in [0.2, 0.25) is 0 Å². The van der Waals surface area contributed by atoms with Crippen molar-refractivity contribution in [1.82, 2.24) is 10.2 Å². The third-order valence-corrected chi connectivity index (χ3v) is 5.23. The molecule has 3 heteroatoms. The first-order valence-corrected chi connectivity index (χ1v) is 7.91. The number of rotatable bonds is 6. The quantitative estimate of drug-likeness (QED) is 0.720. The summed E-state index contributed by atoms with van der Waals surface area (Å²) in [7, 11) is 0. The van der Waals surface area contributed by atoms with E-state index in [0.29, 0.717) is 0 Å². The SMILES string of the molecule is CC1SCCN(CCCCNC2CC2)C1C. The van der Waals surface area contributed by atoms with Gasteiger partial charge < -0.3 is 5.32 Å². The average Bonchev–Trinajstić information content (AvgIpc) is 3.07. The summed E-state index contributed by atoms with van der Waals surface area (Å²) in [5.74, 6) is 1.33. The van der Waals surface area contributed by atoms with Gasteiger partial charge in [-0.3, -0.25) is 4.90 Å². The standard InChI is InChI=1S/C13H26N2S/c1-11-12(2)16-10-9-15(11)8-4-3-7-14-13-5-6-13/h11-14H,3-10H2,1-2H3. The number of hydrogen-bond donors (Lipinski definition) is 1. The third-order valence-electron chi connectivity index (χ3n) is 3.90. The second-order valence-electron chi connectivity index (χ2n) is 5.29. The predicted octanol–water partition coefficient (Wildman–Crippen LogP) is 2.34. The van der Waals surface area contributed by atoms with Crippen molar-refractivity contribution in [3.8, 4) is 0 Å². The van der Waals surface area contributed by atoms with Crippen LogP contribution in [-0.2, 0) is 0 Å². The van der Waals surface area contributed by atoms with Gasteiger partial charge in [0.25, 0.3) is 0 Å². The maximum atomic E-state index is 3.59. The molecule has 1 N–H and O–H groups in total. The Hall–Kier alpha value is 0.270. The topological polar surface area (TPSA) is 15.3 Å². The number of unbranched alkanes of at least 4 members (excludes halogenated alkanes) is 1. The molecule has 2 rings (SSSR count). The van der Waals surface area contributed by atoms with Gasteiger partial charge in [0.1, 0.15) is 0 Å². The smallest absolute Gasteiger partial charge is 0.0184 e. The van der Waals surface area contributed by atoms with E-state index < -0.39 is 0 Å². The molecule has 1 saturated carbocycles. The van der Waals surface area contributed by atoms with Crippen molar-refractivity contribution in [1.29, 1.82) is 0 Å². The average molecular weight is 242 g/mol. The lowest BCUT2D eigenvalue weighted by Crippen LogP contribution is -2.45. The maximum Gasteiger partial charge on any atom is 0.0184 e. The van der Waals surface area contributed by atoms with E-state index in [1.807, 2.05) is 0 Å². The predicted molar refractivity (Wildman–Crippen MR) is 73.2 cm³/mol. The Balaban J connectivity index is 1.53. The number of thioether (sulfide) groups is 1. The highest BCUT2D eigenvalue weighted by Crippen LogP contribution is 2.24. The van der Waals surface area contributed by atoms with E-state index in [1.54, 1.807) is 0 Å². The molecule has 16 heavy (non-hydrogen) atoms. The van der Waals surface area contributed by atoms with E-state index in [9.17, 15) is 0 Å². The van der Waals surface area contributed by atoms with Crippen LogP contribution in [0.3, 0.4) is 0 Å². The normalized spacial score (nSPS) is 31.9. The lowest BCUT2D eigenvalue weighted by Gasteiger charge is -2.37. The molecule has 2 unspecified atom stereocenters. The molecule has 0 radical (unpaired) electrons. The van der Waals surface area contributed by atoms with Gasteiger partial charge >= 0.3 is 0 Å². The van der Waals surface area contributed by atoms with Gasteiger partial charge in [-0.25, -0.2) is 0 Å². The summed E-state index contributed by atoms with van der Waals surface area (Å²) in [6, 6.07) is 1.65. The first-order chi connectivity index (χ1) is 7.77. The molecule has 1 saturated heterocycles. The molecule has 0 bridgehead atoms. The summed E-state index contributed by atoms with van der Waals surface area (Å²) in [5, 5.41) is 4.41. The Morgan fingerprint density at radius 3 is 2.81 bits per heavy atom. The Morgan fingerprint density at radius 1 is 1.25 bits per heavy atom. The summed E-state index contributed by atoms with van der Waals surface area (Å²) in [6.45, 7) is 8.59. The minimum Gasteiger partial charge on any atom is -0.314 e. The summed E-state index contributed by atoms with van der Waals surface area (Å²) < 4.78 is 0.